The quantitative estimate of drug-likeness (QED) is 0.816. The molecule has 19 heavy (non-hydrogen) atoms. The maximum absolute atomic E-state index is 11.6. The zero-order valence-corrected chi connectivity index (χ0v) is 11.6. The van der Waals surface area contributed by atoms with Crippen molar-refractivity contribution in [2.45, 2.75) is 50.6 Å². The number of likely N-dealkylation sites (N-methyl/N-ethyl adjacent to an activating group) is 1. The average Bonchev–Trinajstić information content (AvgIpc) is 3.27. The van der Waals surface area contributed by atoms with Gasteiger partial charge in [0.1, 0.15) is 11.6 Å². The Morgan fingerprint density at radius 1 is 1.47 bits per heavy atom. The summed E-state index contributed by atoms with van der Waals surface area (Å²) in [6, 6.07) is 2.76. The molecule has 1 atom stereocenters. The standard InChI is InChI=1S/C14H22N4O/c1-9(18(2)11-5-6-11)8-15-12-7-13(19)17-14(16-12)10-3-4-10/h7,9-11H,3-6,8H2,1-2H3,(H2,15,16,17,19). The Hall–Kier alpha value is -1.36. The first-order valence-corrected chi connectivity index (χ1v) is 7.20. The molecule has 5 heteroatoms. The fourth-order valence-corrected chi connectivity index (χ4v) is 2.36. The molecule has 1 aromatic heterocycles. The summed E-state index contributed by atoms with van der Waals surface area (Å²) < 4.78 is 0. The van der Waals surface area contributed by atoms with Gasteiger partial charge in [-0.2, -0.15) is 0 Å². The smallest absolute Gasteiger partial charge is 0.252 e. The maximum Gasteiger partial charge on any atom is 0.252 e. The summed E-state index contributed by atoms with van der Waals surface area (Å²) in [7, 11) is 2.17. The van der Waals surface area contributed by atoms with Crippen LogP contribution in [0.5, 0.6) is 0 Å². The monoisotopic (exact) mass is 262 g/mol. The lowest BCUT2D eigenvalue weighted by Crippen LogP contribution is -2.36. The summed E-state index contributed by atoms with van der Waals surface area (Å²) in [5.41, 5.74) is -0.0531. The Morgan fingerprint density at radius 2 is 2.21 bits per heavy atom. The number of hydrogen-bond donors (Lipinski definition) is 2. The minimum atomic E-state index is -0.0531. The predicted octanol–water partition coefficient (Wildman–Crippen LogP) is 1.54. The lowest BCUT2D eigenvalue weighted by molar-refractivity contribution is 0.257. The Balaban J connectivity index is 1.61. The van der Waals surface area contributed by atoms with Crippen LogP contribution in [0.4, 0.5) is 5.82 Å². The van der Waals surface area contributed by atoms with Gasteiger partial charge in [-0.05, 0) is 39.7 Å². The summed E-state index contributed by atoms with van der Waals surface area (Å²) in [4.78, 5) is 21.3. The van der Waals surface area contributed by atoms with E-state index < -0.39 is 0 Å². The highest BCUT2D eigenvalue weighted by Gasteiger charge is 2.29. The second-order valence-electron chi connectivity index (χ2n) is 5.92. The van der Waals surface area contributed by atoms with Crippen molar-refractivity contribution in [3.05, 3.63) is 22.2 Å². The van der Waals surface area contributed by atoms with Gasteiger partial charge in [-0.3, -0.25) is 9.69 Å². The van der Waals surface area contributed by atoms with Crippen LogP contribution in [-0.4, -0.2) is 40.5 Å². The van der Waals surface area contributed by atoms with E-state index in [0.29, 0.717) is 17.8 Å². The van der Waals surface area contributed by atoms with Crippen LogP contribution in [0.2, 0.25) is 0 Å². The minimum Gasteiger partial charge on any atom is -0.368 e. The van der Waals surface area contributed by atoms with Gasteiger partial charge < -0.3 is 10.3 Å². The summed E-state index contributed by atoms with van der Waals surface area (Å²) >= 11 is 0. The molecule has 1 heterocycles. The molecule has 0 bridgehead atoms. The van der Waals surface area contributed by atoms with E-state index in [-0.39, 0.29) is 5.56 Å². The van der Waals surface area contributed by atoms with Gasteiger partial charge in [-0.25, -0.2) is 4.98 Å². The first kappa shape index (κ1) is 12.7. The van der Waals surface area contributed by atoms with Crippen LogP contribution in [0.1, 0.15) is 44.3 Å². The molecule has 2 fully saturated rings. The number of H-pyrrole nitrogens is 1. The Bertz CT molecular complexity index is 504. The Morgan fingerprint density at radius 3 is 2.84 bits per heavy atom. The van der Waals surface area contributed by atoms with E-state index in [4.69, 9.17) is 0 Å². The average molecular weight is 262 g/mol. The summed E-state index contributed by atoms with van der Waals surface area (Å²) in [6.45, 7) is 3.04. The molecular formula is C14H22N4O. The first-order chi connectivity index (χ1) is 9.13. The van der Waals surface area contributed by atoms with E-state index in [1.807, 2.05) is 0 Å². The number of nitrogens with one attached hydrogen (secondary N) is 2. The number of aromatic nitrogens is 2. The third-order valence-corrected chi connectivity index (χ3v) is 4.12. The van der Waals surface area contributed by atoms with Crippen molar-refractivity contribution in [1.29, 1.82) is 0 Å². The number of hydrogen-bond acceptors (Lipinski definition) is 4. The molecule has 2 aliphatic carbocycles. The van der Waals surface area contributed by atoms with Gasteiger partial charge in [0.05, 0.1) is 0 Å². The first-order valence-electron chi connectivity index (χ1n) is 7.20. The molecule has 0 spiro atoms. The fraction of sp³-hybridized carbons (Fsp3) is 0.714. The minimum absolute atomic E-state index is 0.0531. The van der Waals surface area contributed by atoms with Gasteiger partial charge in [0.25, 0.3) is 5.56 Å². The second-order valence-corrected chi connectivity index (χ2v) is 5.92. The highest BCUT2D eigenvalue weighted by atomic mass is 16.1. The molecule has 5 nitrogen and oxygen atoms in total. The van der Waals surface area contributed by atoms with Gasteiger partial charge in [-0.1, -0.05) is 0 Å². The van der Waals surface area contributed by atoms with Crippen LogP contribution in [0.25, 0.3) is 0 Å². The van der Waals surface area contributed by atoms with Crippen molar-refractivity contribution in [1.82, 2.24) is 14.9 Å². The maximum atomic E-state index is 11.6. The van der Waals surface area contributed by atoms with Crippen LogP contribution in [0.15, 0.2) is 10.9 Å². The second kappa shape index (κ2) is 4.96. The molecular weight excluding hydrogens is 240 g/mol. The molecule has 2 aliphatic rings. The molecule has 0 saturated heterocycles. The number of anilines is 1. The number of nitrogens with zero attached hydrogens (tertiary/aromatic N) is 2. The van der Waals surface area contributed by atoms with Crippen LogP contribution < -0.4 is 10.9 Å². The zero-order valence-electron chi connectivity index (χ0n) is 11.6. The van der Waals surface area contributed by atoms with Crippen molar-refractivity contribution in [3.63, 3.8) is 0 Å². The highest BCUT2D eigenvalue weighted by Crippen LogP contribution is 2.37. The summed E-state index contributed by atoms with van der Waals surface area (Å²) in [6.07, 6.45) is 4.92. The summed E-state index contributed by atoms with van der Waals surface area (Å²) in [5.74, 6) is 2.03. The largest absolute Gasteiger partial charge is 0.368 e. The van der Waals surface area contributed by atoms with E-state index in [1.165, 1.54) is 12.8 Å². The van der Waals surface area contributed by atoms with Crippen LogP contribution in [0.3, 0.4) is 0 Å². The molecule has 3 rings (SSSR count). The molecule has 1 unspecified atom stereocenters. The number of aromatic amines is 1. The lowest BCUT2D eigenvalue weighted by atomic mass is 10.3. The van der Waals surface area contributed by atoms with Gasteiger partial charge >= 0.3 is 0 Å². The lowest BCUT2D eigenvalue weighted by Gasteiger charge is -2.24. The Labute approximate surface area is 113 Å². The highest BCUT2D eigenvalue weighted by molar-refractivity contribution is 5.34. The van der Waals surface area contributed by atoms with Crippen LogP contribution in [-0.2, 0) is 0 Å². The number of rotatable bonds is 6. The third-order valence-electron chi connectivity index (χ3n) is 4.12. The van der Waals surface area contributed by atoms with Gasteiger partial charge in [0.15, 0.2) is 0 Å². The molecule has 2 saturated carbocycles. The van der Waals surface area contributed by atoms with Crippen molar-refractivity contribution in [2.24, 2.45) is 0 Å². The van der Waals surface area contributed by atoms with Crippen LogP contribution in [0, 0.1) is 0 Å². The van der Waals surface area contributed by atoms with Gasteiger partial charge in [0, 0.05) is 30.6 Å². The van der Waals surface area contributed by atoms with E-state index in [9.17, 15) is 4.79 Å². The van der Waals surface area contributed by atoms with Crippen molar-refractivity contribution in [3.8, 4) is 0 Å². The normalized spacial score (nSPS) is 20.6. The van der Waals surface area contributed by atoms with E-state index >= 15 is 0 Å². The zero-order chi connectivity index (χ0) is 13.4. The Kier molecular flexibility index (Phi) is 3.31. The molecule has 0 amide bonds. The van der Waals surface area contributed by atoms with Crippen molar-refractivity contribution >= 4 is 5.82 Å². The SMILES string of the molecule is CC(CNc1cc(=O)[nH]c(C2CC2)n1)N(C)C1CC1. The molecule has 1 aromatic rings. The third kappa shape index (κ3) is 3.15. The predicted molar refractivity (Wildman–Crippen MR) is 75.6 cm³/mol. The molecule has 0 radical (unpaired) electrons. The van der Waals surface area contributed by atoms with Crippen molar-refractivity contribution in [2.75, 3.05) is 18.9 Å². The summed E-state index contributed by atoms with van der Waals surface area (Å²) in [5, 5.41) is 3.30. The van der Waals surface area contributed by atoms with Gasteiger partial charge in [-0.15, -0.1) is 0 Å². The van der Waals surface area contributed by atoms with E-state index in [1.54, 1.807) is 6.07 Å². The molecule has 2 N–H and O–H groups in total. The molecule has 104 valence electrons. The van der Waals surface area contributed by atoms with Crippen molar-refractivity contribution < 1.29 is 0 Å². The topological polar surface area (TPSA) is 61.0 Å². The van der Waals surface area contributed by atoms with Gasteiger partial charge in [0.2, 0.25) is 0 Å². The van der Waals surface area contributed by atoms with E-state index in [0.717, 1.165) is 31.3 Å². The molecule has 0 aliphatic heterocycles. The van der Waals surface area contributed by atoms with Crippen LogP contribution >= 0.6 is 0 Å². The fourth-order valence-electron chi connectivity index (χ4n) is 2.36. The van der Waals surface area contributed by atoms with E-state index in [2.05, 4.69) is 34.2 Å². The molecule has 0 aromatic carbocycles.